The molecule has 4 heteroatoms. The minimum absolute atomic E-state index is 0.0295. The summed E-state index contributed by atoms with van der Waals surface area (Å²) in [5, 5.41) is 9.52. The van der Waals surface area contributed by atoms with E-state index in [1.807, 2.05) is 13.8 Å². The molecule has 0 bridgehead atoms. The third kappa shape index (κ3) is 2.69. The number of carbonyl (C=O) groups is 1. The van der Waals surface area contributed by atoms with Crippen LogP contribution in [0.15, 0.2) is 0 Å². The maximum Gasteiger partial charge on any atom is 0.239 e. The third-order valence-corrected chi connectivity index (χ3v) is 2.71. The van der Waals surface area contributed by atoms with Crippen LogP contribution in [-0.2, 0) is 4.79 Å². The SMILES string of the molecule is CCC(N)C(=O)N1CC(C)CC(O)C1. The van der Waals surface area contributed by atoms with Crippen molar-refractivity contribution in [1.82, 2.24) is 4.90 Å². The monoisotopic (exact) mass is 200 g/mol. The van der Waals surface area contributed by atoms with Crippen LogP contribution < -0.4 is 5.73 Å². The van der Waals surface area contributed by atoms with Crippen LogP contribution in [0.2, 0.25) is 0 Å². The smallest absolute Gasteiger partial charge is 0.239 e. The quantitative estimate of drug-likeness (QED) is 0.657. The molecule has 1 saturated heterocycles. The van der Waals surface area contributed by atoms with Crippen molar-refractivity contribution in [3.8, 4) is 0 Å². The van der Waals surface area contributed by atoms with Crippen LogP contribution in [-0.4, -0.2) is 41.1 Å². The van der Waals surface area contributed by atoms with Crippen molar-refractivity contribution in [2.24, 2.45) is 11.7 Å². The zero-order chi connectivity index (χ0) is 10.7. The molecule has 3 N–H and O–H groups in total. The van der Waals surface area contributed by atoms with Gasteiger partial charge in [0.25, 0.3) is 0 Å². The average molecular weight is 200 g/mol. The Morgan fingerprint density at radius 3 is 2.79 bits per heavy atom. The van der Waals surface area contributed by atoms with Gasteiger partial charge in [-0.15, -0.1) is 0 Å². The van der Waals surface area contributed by atoms with Gasteiger partial charge in [-0.25, -0.2) is 0 Å². The largest absolute Gasteiger partial charge is 0.391 e. The van der Waals surface area contributed by atoms with Crippen molar-refractivity contribution in [3.63, 3.8) is 0 Å². The maximum atomic E-state index is 11.7. The van der Waals surface area contributed by atoms with E-state index in [1.54, 1.807) is 4.90 Å². The standard InChI is InChI=1S/C10H20N2O2/c1-3-9(11)10(14)12-5-7(2)4-8(13)6-12/h7-9,13H,3-6,11H2,1-2H3. The Kier molecular flexibility index (Phi) is 3.89. The van der Waals surface area contributed by atoms with Crippen LogP contribution in [0.1, 0.15) is 26.7 Å². The number of carbonyl (C=O) groups excluding carboxylic acids is 1. The van der Waals surface area contributed by atoms with Crippen molar-refractivity contribution in [1.29, 1.82) is 0 Å². The highest BCUT2D eigenvalue weighted by Crippen LogP contribution is 2.16. The van der Waals surface area contributed by atoms with Gasteiger partial charge in [-0.3, -0.25) is 4.79 Å². The van der Waals surface area contributed by atoms with Gasteiger partial charge in [0, 0.05) is 13.1 Å². The molecule has 0 spiro atoms. The van der Waals surface area contributed by atoms with Crippen LogP contribution in [0.3, 0.4) is 0 Å². The first-order chi connectivity index (χ1) is 6.54. The second-order valence-corrected chi connectivity index (χ2v) is 4.25. The number of hydrogen-bond acceptors (Lipinski definition) is 3. The number of nitrogens with two attached hydrogens (primary N) is 1. The van der Waals surface area contributed by atoms with E-state index in [0.29, 0.717) is 18.9 Å². The van der Waals surface area contributed by atoms with Gasteiger partial charge in [-0.1, -0.05) is 13.8 Å². The lowest BCUT2D eigenvalue weighted by molar-refractivity contribution is -0.136. The van der Waals surface area contributed by atoms with Gasteiger partial charge in [0.2, 0.25) is 5.91 Å². The van der Waals surface area contributed by atoms with Crippen molar-refractivity contribution >= 4 is 5.91 Å². The Morgan fingerprint density at radius 1 is 1.64 bits per heavy atom. The van der Waals surface area contributed by atoms with Crippen molar-refractivity contribution in [3.05, 3.63) is 0 Å². The summed E-state index contributed by atoms with van der Waals surface area (Å²) < 4.78 is 0. The molecule has 0 aliphatic carbocycles. The average Bonchev–Trinajstić information content (AvgIpc) is 2.14. The summed E-state index contributed by atoms with van der Waals surface area (Å²) in [6, 6.07) is -0.410. The molecule has 3 atom stereocenters. The number of piperidine rings is 1. The minimum atomic E-state index is -0.410. The van der Waals surface area contributed by atoms with E-state index >= 15 is 0 Å². The Labute approximate surface area is 85.1 Å². The van der Waals surface area contributed by atoms with E-state index in [2.05, 4.69) is 0 Å². The van der Waals surface area contributed by atoms with Crippen LogP contribution in [0, 0.1) is 5.92 Å². The first kappa shape index (κ1) is 11.5. The fraction of sp³-hybridized carbons (Fsp3) is 0.900. The Hall–Kier alpha value is -0.610. The second-order valence-electron chi connectivity index (χ2n) is 4.25. The van der Waals surface area contributed by atoms with Gasteiger partial charge in [0.1, 0.15) is 0 Å². The van der Waals surface area contributed by atoms with Gasteiger partial charge in [0.05, 0.1) is 12.1 Å². The first-order valence-corrected chi connectivity index (χ1v) is 5.27. The van der Waals surface area contributed by atoms with Crippen LogP contribution in [0.25, 0.3) is 0 Å². The Morgan fingerprint density at radius 2 is 2.29 bits per heavy atom. The second kappa shape index (κ2) is 4.75. The lowest BCUT2D eigenvalue weighted by Gasteiger charge is -2.35. The third-order valence-electron chi connectivity index (χ3n) is 2.71. The molecular weight excluding hydrogens is 180 g/mol. The van der Waals surface area contributed by atoms with Crippen LogP contribution >= 0.6 is 0 Å². The van der Waals surface area contributed by atoms with Gasteiger partial charge in [-0.2, -0.15) is 0 Å². The minimum Gasteiger partial charge on any atom is -0.391 e. The van der Waals surface area contributed by atoms with E-state index in [0.717, 1.165) is 13.0 Å². The highest BCUT2D eigenvalue weighted by molar-refractivity contribution is 5.81. The fourth-order valence-electron chi connectivity index (χ4n) is 1.91. The van der Waals surface area contributed by atoms with E-state index in [4.69, 9.17) is 5.73 Å². The lowest BCUT2D eigenvalue weighted by Crippen LogP contribution is -2.51. The number of hydrogen-bond donors (Lipinski definition) is 2. The lowest BCUT2D eigenvalue weighted by atomic mass is 9.97. The summed E-state index contributed by atoms with van der Waals surface area (Å²) in [4.78, 5) is 13.4. The summed E-state index contributed by atoms with van der Waals surface area (Å²) in [6.45, 7) is 5.10. The zero-order valence-corrected chi connectivity index (χ0v) is 8.94. The summed E-state index contributed by atoms with van der Waals surface area (Å²) >= 11 is 0. The van der Waals surface area contributed by atoms with Gasteiger partial charge >= 0.3 is 0 Å². The van der Waals surface area contributed by atoms with Crippen LogP contribution in [0.4, 0.5) is 0 Å². The number of amides is 1. The molecule has 14 heavy (non-hydrogen) atoms. The first-order valence-electron chi connectivity index (χ1n) is 5.27. The topological polar surface area (TPSA) is 66.6 Å². The Bertz CT molecular complexity index is 198. The molecule has 0 aromatic carbocycles. The van der Waals surface area contributed by atoms with Crippen molar-refractivity contribution in [2.45, 2.75) is 38.8 Å². The molecule has 1 fully saturated rings. The molecule has 0 aromatic rings. The highest BCUT2D eigenvalue weighted by atomic mass is 16.3. The normalized spacial score (nSPS) is 30.1. The molecule has 3 unspecified atom stereocenters. The molecule has 0 radical (unpaired) electrons. The molecule has 1 aliphatic rings. The number of aliphatic hydroxyl groups excluding tert-OH is 1. The fourth-order valence-corrected chi connectivity index (χ4v) is 1.91. The number of aliphatic hydroxyl groups is 1. The molecule has 1 rings (SSSR count). The molecular formula is C10H20N2O2. The van der Waals surface area contributed by atoms with E-state index in [-0.39, 0.29) is 12.0 Å². The van der Waals surface area contributed by atoms with Gasteiger partial charge in [-0.05, 0) is 18.8 Å². The molecule has 0 aromatic heterocycles. The molecule has 82 valence electrons. The molecule has 1 amide bonds. The molecule has 0 saturated carbocycles. The number of likely N-dealkylation sites (tertiary alicyclic amines) is 1. The summed E-state index contributed by atoms with van der Waals surface area (Å²) in [5.41, 5.74) is 5.67. The summed E-state index contributed by atoms with van der Waals surface area (Å²) in [5.74, 6) is 0.338. The molecule has 4 nitrogen and oxygen atoms in total. The maximum absolute atomic E-state index is 11.7. The van der Waals surface area contributed by atoms with Crippen molar-refractivity contribution < 1.29 is 9.90 Å². The predicted molar refractivity (Wildman–Crippen MR) is 54.6 cm³/mol. The number of rotatable bonds is 2. The number of β-amino-alcohol motifs (C(OH)–C–C–N with tert-alkyl or cyclic N) is 1. The highest BCUT2D eigenvalue weighted by Gasteiger charge is 2.28. The Balaban J connectivity index is 2.54. The van der Waals surface area contributed by atoms with Crippen LogP contribution in [0.5, 0.6) is 0 Å². The van der Waals surface area contributed by atoms with Gasteiger partial charge < -0.3 is 15.7 Å². The molecule has 1 heterocycles. The van der Waals surface area contributed by atoms with E-state index in [9.17, 15) is 9.90 Å². The van der Waals surface area contributed by atoms with Crippen molar-refractivity contribution in [2.75, 3.05) is 13.1 Å². The zero-order valence-electron chi connectivity index (χ0n) is 8.94. The number of nitrogens with zero attached hydrogens (tertiary/aromatic N) is 1. The summed E-state index contributed by atoms with van der Waals surface area (Å²) in [6.07, 6.45) is 1.05. The van der Waals surface area contributed by atoms with E-state index < -0.39 is 6.04 Å². The summed E-state index contributed by atoms with van der Waals surface area (Å²) in [7, 11) is 0. The van der Waals surface area contributed by atoms with E-state index in [1.165, 1.54) is 0 Å². The predicted octanol–water partition coefficient (Wildman–Crippen LogP) is -0.0470. The van der Waals surface area contributed by atoms with Gasteiger partial charge in [0.15, 0.2) is 0 Å². The molecule has 1 aliphatic heterocycles.